The fourth-order valence-electron chi connectivity index (χ4n) is 1.88. The molecule has 0 aliphatic rings. The normalized spacial score (nSPS) is 11.2. The van der Waals surface area contributed by atoms with E-state index in [1.54, 1.807) is 24.3 Å². The highest BCUT2D eigenvalue weighted by molar-refractivity contribution is 5.78. The number of amides is 1. The van der Waals surface area contributed by atoms with Crippen LogP contribution in [0.2, 0.25) is 0 Å². The zero-order valence-electron chi connectivity index (χ0n) is 11.7. The second kappa shape index (κ2) is 7.11. The van der Waals surface area contributed by atoms with Gasteiger partial charge in [-0.25, -0.2) is 0 Å². The van der Waals surface area contributed by atoms with Gasteiger partial charge in [-0.2, -0.15) is 5.26 Å². The highest BCUT2D eigenvalue weighted by atomic mass is 16.5. The smallest absolute Gasteiger partial charge is 0.258 e. The molecular weight excluding hydrogens is 264 g/mol. The number of rotatable bonds is 5. The number of hydrogen-bond acceptors (Lipinski definition) is 3. The van der Waals surface area contributed by atoms with Gasteiger partial charge >= 0.3 is 0 Å². The summed E-state index contributed by atoms with van der Waals surface area (Å²) in [6.07, 6.45) is 0. The molecular formula is C17H16N2O2. The zero-order chi connectivity index (χ0) is 15.1. The van der Waals surface area contributed by atoms with Crippen molar-refractivity contribution < 1.29 is 9.53 Å². The van der Waals surface area contributed by atoms with E-state index in [4.69, 9.17) is 10.00 Å². The summed E-state index contributed by atoms with van der Waals surface area (Å²) in [5, 5.41) is 11.6. The largest absolute Gasteiger partial charge is 0.484 e. The van der Waals surface area contributed by atoms with Gasteiger partial charge in [0.05, 0.1) is 17.7 Å². The van der Waals surface area contributed by atoms with Crippen LogP contribution in [0.3, 0.4) is 0 Å². The lowest BCUT2D eigenvalue weighted by molar-refractivity contribution is -0.123. The summed E-state index contributed by atoms with van der Waals surface area (Å²) in [4.78, 5) is 11.8. The van der Waals surface area contributed by atoms with Crippen molar-refractivity contribution in [1.82, 2.24) is 5.32 Å². The number of nitrogens with zero attached hydrogens (tertiary/aromatic N) is 1. The van der Waals surface area contributed by atoms with Gasteiger partial charge in [0.2, 0.25) is 0 Å². The zero-order valence-corrected chi connectivity index (χ0v) is 11.7. The van der Waals surface area contributed by atoms with Crippen LogP contribution in [-0.2, 0) is 4.79 Å². The van der Waals surface area contributed by atoms with E-state index in [1.165, 1.54) is 0 Å². The first-order valence-corrected chi connectivity index (χ1v) is 6.66. The average molecular weight is 280 g/mol. The van der Waals surface area contributed by atoms with E-state index in [2.05, 4.69) is 5.32 Å². The van der Waals surface area contributed by atoms with Gasteiger partial charge in [-0.05, 0) is 36.8 Å². The standard InChI is InChI=1S/C17H16N2O2/c1-13(15-5-3-2-4-6-15)19-17(20)12-21-16-9-7-14(11-18)8-10-16/h2-10,13H,12H2,1H3,(H,19,20). The monoisotopic (exact) mass is 280 g/mol. The Balaban J connectivity index is 1.83. The molecule has 0 saturated heterocycles. The quantitative estimate of drug-likeness (QED) is 0.916. The lowest BCUT2D eigenvalue weighted by Crippen LogP contribution is -2.31. The predicted octanol–water partition coefficient (Wildman–Crippen LogP) is 2.81. The maximum atomic E-state index is 11.8. The number of benzene rings is 2. The second-order valence-corrected chi connectivity index (χ2v) is 4.62. The minimum Gasteiger partial charge on any atom is -0.484 e. The van der Waals surface area contributed by atoms with Gasteiger partial charge in [-0.1, -0.05) is 30.3 Å². The molecule has 21 heavy (non-hydrogen) atoms. The molecule has 0 radical (unpaired) electrons. The van der Waals surface area contributed by atoms with E-state index in [0.717, 1.165) is 5.56 Å². The Morgan fingerprint density at radius 3 is 2.48 bits per heavy atom. The Morgan fingerprint density at radius 2 is 1.86 bits per heavy atom. The number of carbonyl (C=O) groups excluding carboxylic acids is 1. The van der Waals surface area contributed by atoms with E-state index in [1.807, 2.05) is 43.3 Å². The molecule has 0 saturated carbocycles. The van der Waals surface area contributed by atoms with Crippen molar-refractivity contribution in [1.29, 1.82) is 5.26 Å². The highest BCUT2D eigenvalue weighted by Gasteiger charge is 2.09. The van der Waals surface area contributed by atoms with Gasteiger partial charge in [0.25, 0.3) is 5.91 Å². The van der Waals surface area contributed by atoms with Crippen molar-refractivity contribution in [2.75, 3.05) is 6.61 Å². The van der Waals surface area contributed by atoms with Crippen LogP contribution in [0, 0.1) is 11.3 Å². The lowest BCUT2D eigenvalue weighted by atomic mass is 10.1. The van der Waals surface area contributed by atoms with Crippen LogP contribution in [0.1, 0.15) is 24.1 Å². The third-order valence-electron chi connectivity index (χ3n) is 3.03. The van der Waals surface area contributed by atoms with Crippen molar-refractivity contribution in [2.45, 2.75) is 13.0 Å². The van der Waals surface area contributed by atoms with Gasteiger partial charge in [-0.15, -0.1) is 0 Å². The van der Waals surface area contributed by atoms with Crippen molar-refractivity contribution in [3.8, 4) is 11.8 Å². The van der Waals surface area contributed by atoms with Crippen LogP contribution < -0.4 is 10.1 Å². The molecule has 1 atom stereocenters. The van der Waals surface area contributed by atoms with Gasteiger partial charge < -0.3 is 10.1 Å². The Bertz CT molecular complexity index is 630. The van der Waals surface area contributed by atoms with Crippen LogP contribution >= 0.6 is 0 Å². The summed E-state index contributed by atoms with van der Waals surface area (Å²) < 4.78 is 5.38. The first kappa shape index (κ1) is 14.6. The fourth-order valence-corrected chi connectivity index (χ4v) is 1.88. The second-order valence-electron chi connectivity index (χ2n) is 4.62. The molecule has 0 aromatic heterocycles. The molecule has 106 valence electrons. The summed E-state index contributed by atoms with van der Waals surface area (Å²) in [5.74, 6) is 0.382. The number of nitriles is 1. The van der Waals surface area contributed by atoms with E-state index >= 15 is 0 Å². The van der Waals surface area contributed by atoms with Gasteiger partial charge in [-0.3, -0.25) is 4.79 Å². The topological polar surface area (TPSA) is 62.1 Å². The molecule has 0 bridgehead atoms. The van der Waals surface area contributed by atoms with Gasteiger partial charge in [0, 0.05) is 0 Å². The summed E-state index contributed by atoms with van der Waals surface area (Å²) in [6.45, 7) is 1.87. The molecule has 0 aliphatic heterocycles. The Labute approximate surface area is 124 Å². The SMILES string of the molecule is CC(NC(=O)COc1ccc(C#N)cc1)c1ccccc1. The molecule has 0 heterocycles. The molecule has 0 spiro atoms. The molecule has 4 nitrogen and oxygen atoms in total. The third-order valence-corrected chi connectivity index (χ3v) is 3.03. The van der Waals surface area contributed by atoms with Crippen LogP contribution in [0.15, 0.2) is 54.6 Å². The fraction of sp³-hybridized carbons (Fsp3) is 0.176. The number of carbonyl (C=O) groups is 1. The molecule has 2 aromatic carbocycles. The molecule has 2 aromatic rings. The predicted molar refractivity (Wildman–Crippen MR) is 79.7 cm³/mol. The Hall–Kier alpha value is -2.80. The molecule has 1 N–H and O–H groups in total. The average Bonchev–Trinajstić information content (AvgIpc) is 2.54. The van der Waals surface area contributed by atoms with Crippen LogP contribution in [0.4, 0.5) is 0 Å². The number of ether oxygens (including phenoxy) is 1. The molecule has 1 unspecified atom stereocenters. The van der Waals surface area contributed by atoms with Crippen molar-refractivity contribution in [3.05, 3.63) is 65.7 Å². The van der Waals surface area contributed by atoms with E-state index in [0.29, 0.717) is 11.3 Å². The van der Waals surface area contributed by atoms with E-state index < -0.39 is 0 Å². The van der Waals surface area contributed by atoms with Crippen molar-refractivity contribution >= 4 is 5.91 Å². The Morgan fingerprint density at radius 1 is 1.19 bits per heavy atom. The first-order chi connectivity index (χ1) is 10.2. The number of nitrogens with one attached hydrogen (secondary N) is 1. The summed E-state index contributed by atoms with van der Waals surface area (Å²) >= 11 is 0. The first-order valence-electron chi connectivity index (χ1n) is 6.66. The van der Waals surface area contributed by atoms with Crippen LogP contribution in [0.5, 0.6) is 5.75 Å². The van der Waals surface area contributed by atoms with E-state index in [9.17, 15) is 4.79 Å². The summed E-state index contributed by atoms with van der Waals surface area (Å²) in [5.41, 5.74) is 1.61. The third kappa shape index (κ3) is 4.36. The maximum Gasteiger partial charge on any atom is 0.258 e. The van der Waals surface area contributed by atoms with Gasteiger partial charge in [0.1, 0.15) is 5.75 Å². The molecule has 4 heteroatoms. The minimum atomic E-state index is -0.185. The Kier molecular flexibility index (Phi) is 4.94. The van der Waals surface area contributed by atoms with Crippen molar-refractivity contribution in [3.63, 3.8) is 0 Å². The van der Waals surface area contributed by atoms with Gasteiger partial charge in [0.15, 0.2) is 6.61 Å². The summed E-state index contributed by atoms with van der Waals surface area (Å²) in [7, 11) is 0. The maximum absolute atomic E-state index is 11.8. The molecule has 1 amide bonds. The highest BCUT2D eigenvalue weighted by Crippen LogP contribution is 2.13. The summed E-state index contributed by atoms with van der Waals surface area (Å²) in [6, 6.07) is 18.4. The molecule has 0 fully saturated rings. The van der Waals surface area contributed by atoms with Crippen LogP contribution in [-0.4, -0.2) is 12.5 Å². The van der Waals surface area contributed by atoms with Crippen LogP contribution in [0.25, 0.3) is 0 Å². The molecule has 2 rings (SSSR count). The lowest BCUT2D eigenvalue weighted by Gasteiger charge is -2.14. The minimum absolute atomic E-state index is 0.0525. The molecule has 0 aliphatic carbocycles. The van der Waals surface area contributed by atoms with E-state index in [-0.39, 0.29) is 18.6 Å². The van der Waals surface area contributed by atoms with Crippen molar-refractivity contribution in [2.24, 2.45) is 0 Å². The number of hydrogen-bond donors (Lipinski definition) is 1.